The quantitative estimate of drug-likeness (QED) is 0.150. The average molecular weight is 693 g/mol. The lowest BCUT2D eigenvalue weighted by Gasteiger charge is -2.34. The third-order valence-electron chi connectivity index (χ3n) is 7.31. The van der Waals surface area contributed by atoms with Gasteiger partial charge in [-0.3, -0.25) is 13.9 Å². The molecular weight excluding hydrogens is 654 g/mol. The summed E-state index contributed by atoms with van der Waals surface area (Å²) in [6.45, 7) is 2.10. The summed E-state index contributed by atoms with van der Waals surface area (Å²) >= 11 is 3.50. The van der Waals surface area contributed by atoms with Gasteiger partial charge in [0.05, 0.1) is 17.7 Å². The number of amides is 2. The van der Waals surface area contributed by atoms with Crippen LogP contribution in [0.5, 0.6) is 5.75 Å². The molecule has 8 nitrogen and oxygen atoms in total. The summed E-state index contributed by atoms with van der Waals surface area (Å²) in [5.74, 6) is -0.295. The minimum Gasteiger partial charge on any atom is -0.497 e. The largest absolute Gasteiger partial charge is 0.497 e. The molecule has 0 aliphatic carbocycles. The van der Waals surface area contributed by atoms with Gasteiger partial charge >= 0.3 is 0 Å². The standard InChI is InChI=1S/C35H38BrN3O5S/c1-3-4-22-37-35(41)33(24-27-12-7-5-8-13-27)38(25-28-14-11-15-29(36)23-28)34(40)26-39(30-16-9-6-10-17-30)45(42,43)32-20-18-31(44-2)19-21-32/h5-21,23,33H,3-4,22,24-26H2,1-2H3,(H,37,41)/t33-/m1/s1. The smallest absolute Gasteiger partial charge is 0.264 e. The Labute approximate surface area is 274 Å². The molecule has 2 amide bonds. The van der Waals surface area contributed by atoms with Gasteiger partial charge in [-0.05, 0) is 66.1 Å². The molecule has 45 heavy (non-hydrogen) atoms. The van der Waals surface area contributed by atoms with Crippen LogP contribution in [-0.2, 0) is 32.6 Å². The molecule has 0 aromatic heterocycles. The van der Waals surface area contributed by atoms with E-state index in [2.05, 4.69) is 21.2 Å². The average Bonchev–Trinajstić information content (AvgIpc) is 3.06. The number of methoxy groups -OCH3 is 1. The molecule has 0 aliphatic heterocycles. The number of halogens is 1. The van der Waals surface area contributed by atoms with Crippen molar-refractivity contribution in [3.63, 3.8) is 0 Å². The summed E-state index contributed by atoms with van der Waals surface area (Å²) in [7, 11) is -2.68. The second-order valence-corrected chi connectivity index (χ2v) is 13.3. The highest BCUT2D eigenvalue weighted by Crippen LogP contribution is 2.26. The van der Waals surface area contributed by atoms with Gasteiger partial charge in [0.2, 0.25) is 11.8 Å². The van der Waals surface area contributed by atoms with Crippen LogP contribution in [-0.4, -0.2) is 51.4 Å². The molecule has 1 atom stereocenters. The van der Waals surface area contributed by atoms with Gasteiger partial charge in [-0.25, -0.2) is 8.42 Å². The summed E-state index contributed by atoms with van der Waals surface area (Å²) in [5.41, 5.74) is 2.00. The number of nitrogens with one attached hydrogen (secondary N) is 1. The minimum absolute atomic E-state index is 0.0108. The van der Waals surface area contributed by atoms with E-state index in [1.807, 2.05) is 61.5 Å². The lowest BCUT2D eigenvalue weighted by atomic mass is 10.0. The van der Waals surface area contributed by atoms with Crippen molar-refractivity contribution < 1.29 is 22.7 Å². The van der Waals surface area contributed by atoms with Crippen LogP contribution in [0.15, 0.2) is 119 Å². The van der Waals surface area contributed by atoms with Crippen LogP contribution in [0.1, 0.15) is 30.9 Å². The zero-order valence-corrected chi connectivity index (χ0v) is 27.8. The van der Waals surface area contributed by atoms with Gasteiger partial charge in [-0.2, -0.15) is 0 Å². The molecule has 0 bridgehead atoms. The third kappa shape index (κ3) is 9.18. The number of sulfonamides is 1. The fraction of sp³-hybridized carbons (Fsp3) is 0.257. The van der Waals surface area contributed by atoms with Gasteiger partial charge in [0.25, 0.3) is 10.0 Å². The molecule has 1 N–H and O–H groups in total. The van der Waals surface area contributed by atoms with Crippen LogP contribution in [0.3, 0.4) is 0 Å². The second-order valence-electron chi connectivity index (χ2n) is 10.5. The number of anilines is 1. The Morgan fingerprint density at radius 3 is 2.13 bits per heavy atom. The molecule has 0 fully saturated rings. The third-order valence-corrected chi connectivity index (χ3v) is 9.59. The fourth-order valence-corrected chi connectivity index (χ4v) is 6.75. The Morgan fingerprint density at radius 2 is 1.51 bits per heavy atom. The van der Waals surface area contributed by atoms with E-state index >= 15 is 0 Å². The molecule has 0 aliphatic rings. The van der Waals surface area contributed by atoms with E-state index in [1.54, 1.807) is 42.5 Å². The number of ether oxygens (including phenoxy) is 1. The van der Waals surface area contributed by atoms with Crippen molar-refractivity contribution in [2.45, 2.75) is 43.7 Å². The molecule has 236 valence electrons. The first kappa shape index (κ1) is 33.7. The van der Waals surface area contributed by atoms with E-state index in [9.17, 15) is 18.0 Å². The Hall–Kier alpha value is -4.15. The summed E-state index contributed by atoms with van der Waals surface area (Å²) in [6.07, 6.45) is 1.96. The highest BCUT2D eigenvalue weighted by atomic mass is 79.9. The number of carbonyl (C=O) groups is 2. The van der Waals surface area contributed by atoms with E-state index < -0.39 is 28.5 Å². The number of nitrogens with zero attached hydrogens (tertiary/aromatic N) is 2. The van der Waals surface area contributed by atoms with Crippen molar-refractivity contribution in [2.75, 3.05) is 24.5 Å². The summed E-state index contributed by atoms with van der Waals surface area (Å²) < 4.78 is 35.3. The van der Waals surface area contributed by atoms with Crippen LogP contribution in [0.4, 0.5) is 5.69 Å². The van der Waals surface area contributed by atoms with Crippen LogP contribution < -0.4 is 14.4 Å². The van der Waals surface area contributed by atoms with E-state index in [-0.39, 0.29) is 23.8 Å². The Balaban J connectivity index is 1.77. The molecule has 4 aromatic rings. The first-order valence-corrected chi connectivity index (χ1v) is 17.0. The maximum absolute atomic E-state index is 14.5. The van der Waals surface area contributed by atoms with E-state index in [0.29, 0.717) is 18.0 Å². The Morgan fingerprint density at radius 1 is 0.867 bits per heavy atom. The molecule has 4 rings (SSSR count). The number of para-hydroxylation sites is 1. The van der Waals surface area contributed by atoms with Gasteiger partial charge in [-0.1, -0.05) is 89.9 Å². The zero-order chi connectivity index (χ0) is 32.2. The first-order chi connectivity index (χ1) is 21.7. The molecule has 0 heterocycles. The van der Waals surface area contributed by atoms with Crippen molar-refractivity contribution in [3.05, 3.63) is 125 Å². The highest BCUT2D eigenvalue weighted by molar-refractivity contribution is 9.10. The number of rotatable bonds is 15. The van der Waals surface area contributed by atoms with Gasteiger partial charge in [0.1, 0.15) is 18.3 Å². The van der Waals surface area contributed by atoms with Gasteiger partial charge in [0, 0.05) is 24.0 Å². The Kier molecular flexibility index (Phi) is 12.2. The lowest BCUT2D eigenvalue weighted by Crippen LogP contribution is -2.53. The molecular formula is C35H38BrN3O5S. The lowest BCUT2D eigenvalue weighted by molar-refractivity contribution is -0.140. The second kappa shape index (κ2) is 16.2. The number of hydrogen-bond donors (Lipinski definition) is 1. The van der Waals surface area contributed by atoms with Gasteiger partial charge in [0.15, 0.2) is 0 Å². The maximum Gasteiger partial charge on any atom is 0.264 e. The molecule has 0 spiro atoms. The predicted octanol–water partition coefficient (Wildman–Crippen LogP) is 6.21. The SMILES string of the molecule is CCCCNC(=O)[C@@H](Cc1ccccc1)N(Cc1cccc(Br)c1)C(=O)CN(c1ccccc1)S(=O)(=O)c1ccc(OC)cc1. The van der Waals surface area contributed by atoms with Crippen molar-refractivity contribution in [2.24, 2.45) is 0 Å². The van der Waals surface area contributed by atoms with Crippen molar-refractivity contribution in [1.29, 1.82) is 0 Å². The molecule has 10 heteroatoms. The number of benzene rings is 4. The Bertz CT molecular complexity index is 1650. The molecule has 0 radical (unpaired) electrons. The van der Waals surface area contributed by atoms with E-state index in [1.165, 1.54) is 24.1 Å². The summed E-state index contributed by atoms with van der Waals surface area (Å²) in [4.78, 5) is 29.8. The topological polar surface area (TPSA) is 96.0 Å². The van der Waals surface area contributed by atoms with Crippen LogP contribution >= 0.6 is 15.9 Å². The molecule has 0 saturated heterocycles. The van der Waals surface area contributed by atoms with Crippen LogP contribution in [0.2, 0.25) is 0 Å². The molecule has 0 saturated carbocycles. The normalized spacial score (nSPS) is 11.8. The van der Waals surface area contributed by atoms with Crippen LogP contribution in [0.25, 0.3) is 0 Å². The van der Waals surface area contributed by atoms with Crippen molar-refractivity contribution in [3.8, 4) is 5.75 Å². The maximum atomic E-state index is 14.5. The van der Waals surface area contributed by atoms with Crippen molar-refractivity contribution >= 4 is 43.5 Å². The van der Waals surface area contributed by atoms with Gasteiger partial charge in [-0.15, -0.1) is 0 Å². The van der Waals surface area contributed by atoms with Crippen molar-refractivity contribution in [1.82, 2.24) is 10.2 Å². The van der Waals surface area contributed by atoms with Crippen LogP contribution in [0, 0.1) is 0 Å². The first-order valence-electron chi connectivity index (χ1n) is 14.8. The van der Waals surface area contributed by atoms with E-state index in [4.69, 9.17) is 4.74 Å². The predicted molar refractivity (Wildman–Crippen MR) is 181 cm³/mol. The monoisotopic (exact) mass is 691 g/mol. The van der Waals surface area contributed by atoms with E-state index in [0.717, 1.165) is 32.7 Å². The summed E-state index contributed by atoms with van der Waals surface area (Å²) in [6, 6.07) is 30.7. The zero-order valence-electron chi connectivity index (χ0n) is 25.4. The molecule has 4 aromatic carbocycles. The highest BCUT2D eigenvalue weighted by Gasteiger charge is 2.34. The number of unbranched alkanes of at least 4 members (excludes halogenated alkanes) is 1. The number of hydrogen-bond acceptors (Lipinski definition) is 5. The fourth-order valence-electron chi connectivity index (χ4n) is 4.89. The summed E-state index contributed by atoms with van der Waals surface area (Å²) in [5, 5.41) is 3.00. The number of carbonyl (C=O) groups excluding carboxylic acids is 2. The van der Waals surface area contributed by atoms with Gasteiger partial charge < -0.3 is 15.0 Å². The molecule has 0 unspecified atom stereocenters. The minimum atomic E-state index is -4.19.